The van der Waals surface area contributed by atoms with Crippen molar-refractivity contribution in [3.63, 3.8) is 0 Å². The highest BCUT2D eigenvalue weighted by Gasteiger charge is 2.33. The van der Waals surface area contributed by atoms with Crippen LogP contribution >= 0.6 is 11.5 Å². The number of aromatic nitrogens is 1. The van der Waals surface area contributed by atoms with Crippen molar-refractivity contribution in [1.82, 2.24) is 3.96 Å². The number of nitrogens with zero attached hydrogens (tertiary/aromatic N) is 1. The van der Waals surface area contributed by atoms with Crippen LogP contribution in [0.3, 0.4) is 0 Å². The van der Waals surface area contributed by atoms with E-state index in [2.05, 4.69) is 20.8 Å². The van der Waals surface area contributed by atoms with Crippen molar-refractivity contribution in [1.29, 1.82) is 0 Å². The van der Waals surface area contributed by atoms with Crippen molar-refractivity contribution in [3.8, 4) is 0 Å². The predicted octanol–water partition coefficient (Wildman–Crippen LogP) is 3.30. The second-order valence-corrected chi connectivity index (χ2v) is 6.52. The van der Waals surface area contributed by atoms with E-state index in [1.54, 1.807) is 17.6 Å². The topological polar surface area (TPSA) is 22.0 Å². The van der Waals surface area contributed by atoms with Crippen LogP contribution in [0.1, 0.15) is 46.1 Å². The molecule has 0 saturated heterocycles. The van der Waals surface area contributed by atoms with Crippen LogP contribution in [0.5, 0.6) is 0 Å². The molecule has 84 valence electrons. The summed E-state index contributed by atoms with van der Waals surface area (Å²) in [5.41, 5.74) is 0.557. The number of rotatable bonds is 1. The van der Waals surface area contributed by atoms with Crippen molar-refractivity contribution in [3.05, 3.63) is 21.8 Å². The molecule has 2 rings (SSSR count). The summed E-state index contributed by atoms with van der Waals surface area (Å²) in [6, 6.07) is 2.10. The fraction of sp³-hybridized carbons (Fsp3) is 0.750. The van der Waals surface area contributed by atoms with Gasteiger partial charge in [0.05, 0.1) is 0 Å². The summed E-state index contributed by atoms with van der Waals surface area (Å²) in [5.74, 6) is 0.729. The smallest absolute Gasteiger partial charge is 0.260 e. The normalized spacial score (nSPS) is 30.3. The Morgan fingerprint density at radius 2 is 2.20 bits per heavy atom. The molecular weight excluding hydrogens is 206 g/mol. The summed E-state index contributed by atoms with van der Waals surface area (Å²) in [6.07, 6.45) is 3.57. The summed E-state index contributed by atoms with van der Waals surface area (Å²) >= 11 is 1.56. The first-order chi connectivity index (χ1) is 6.98. The minimum atomic E-state index is 0.176. The molecule has 3 heteroatoms. The van der Waals surface area contributed by atoms with Gasteiger partial charge in [-0.25, -0.2) is 0 Å². The maximum absolute atomic E-state index is 11.6. The summed E-state index contributed by atoms with van der Waals surface area (Å²) in [7, 11) is 0. The van der Waals surface area contributed by atoms with Gasteiger partial charge in [-0.1, -0.05) is 32.3 Å². The van der Waals surface area contributed by atoms with Gasteiger partial charge in [0.15, 0.2) is 0 Å². The Bertz CT molecular complexity index is 390. The van der Waals surface area contributed by atoms with E-state index in [-0.39, 0.29) is 5.56 Å². The molecule has 1 aliphatic carbocycles. The molecule has 15 heavy (non-hydrogen) atoms. The van der Waals surface area contributed by atoms with Gasteiger partial charge in [-0.15, -0.1) is 0 Å². The highest BCUT2D eigenvalue weighted by atomic mass is 32.1. The standard InChI is InChI=1S/C12H19NOS/c1-9-6-10(8-12(2,3)7-9)13-11(14)4-5-15-13/h4-5,9-10H,6-8H2,1-3H3. The van der Waals surface area contributed by atoms with E-state index in [1.807, 2.05) is 9.34 Å². The highest BCUT2D eigenvalue weighted by Crippen LogP contribution is 2.43. The SMILES string of the molecule is CC1CC(n2sccc2=O)CC(C)(C)C1. The Morgan fingerprint density at radius 1 is 1.47 bits per heavy atom. The molecule has 0 radical (unpaired) electrons. The molecule has 1 aromatic heterocycles. The third-order valence-electron chi connectivity index (χ3n) is 3.30. The molecule has 2 nitrogen and oxygen atoms in total. The molecule has 0 aliphatic heterocycles. The van der Waals surface area contributed by atoms with Gasteiger partial charge in [-0.2, -0.15) is 0 Å². The molecule has 0 N–H and O–H groups in total. The summed E-state index contributed by atoms with van der Waals surface area (Å²) in [5, 5.41) is 1.90. The van der Waals surface area contributed by atoms with Gasteiger partial charge in [0.2, 0.25) is 0 Å². The van der Waals surface area contributed by atoms with Crippen LogP contribution in [0.2, 0.25) is 0 Å². The van der Waals surface area contributed by atoms with Crippen LogP contribution in [0, 0.1) is 11.3 Å². The van der Waals surface area contributed by atoms with Crippen LogP contribution in [-0.2, 0) is 0 Å². The summed E-state index contributed by atoms with van der Waals surface area (Å²) in [6.45, 7) is 6.93. The van der Waals surface area contributed by atoms with Gasteiger partial charge < -0.3 is 0 Å². The maximum atomic E-state index is 11.6. The van der Waals surface area contributed by atoms with Gasteiger partial charge in [0.25, 0.3) is 5.56 Å². The average Bonchev–Trinajstić information content (AvgIpc) is 2.47. The monoisotopic (exact) mass is 225 g/mol. The van der Waals surface area contributed by atoms with E-state index in [9.17, 15) is 4.79 Å². The Morgan fingerprint density at radius 3 is 2.73 bits per heavy atom. The van der Waals surface area contributed by atoms with Crippen molar-refractivity contribution in [2.24, 2.45) is 11.3 Å². The average molecular weight is 225 g/mol. The first kappa shape index (κ1) is 10.9. The van der Waals surface area contributed by atoms with Crippen LogP contribution in [0.15, 0.2) is 16.2 Å². The molecule has 0 spiro atoms. The first-order valence-electron chi connectivity index (χ1n) is 5.64. The quantitative estimate of drug-likeness (QED) is 0.719. The summed E-state index contributed by atoms with van der Waals surface area (Å²) < 4.78 is 1.96. The van der Waals surface area contributed by atoms with Crippen LogP contribution in [0.25, 0.3) is 0 Å². The molecule has 2 atom stereocenters. The van der Waals surface area contributed by atoms with Crippen molar-refractivity contribution < 1.29 is 0 Å². The second kappa shape index (κ2) is 3.78. The van der Waals surface area contributed by atoms with Gasteiger partial charge >= 0.3 is 0 Å². The zero-order valence-corrected chi connectivity index (χ0v) is 10.5. The molecule has 0 aromatic carbocycles. The summed E-state index contributed by atoms with van der Waals surface area (Å²) in [4.78, 5) is 11.6. The zero-order valence-electron chi connectivity index (χ0n) is 9.69. The van der Waals surface area contributed by atoms with E-state index in [0.717, 1.165) is 18.8 Å². The molecule has 2 unspecified atom stereocenters. The molecule has 1 fully saturated rings. The minimum Gasteiger partial charge on any atom is -0.268 e. The van der Waals surface area contributed by atoms with Crippen molar-refractivity contribution in [2.45, 2.75) is 46.1 Å². The minimum absolute atomic E-state index is 0.176. The molecule has 1 heterocycles. The van der Waals surface area contributed by atoms with E-state index in [4.69, 9.17) is 0 Å². The van der Waals surface area contributed by atoms with E-state index in [1.165, 1.54) is 6.42 Å². The third-order valence-corrected chi connectivity index (χ3v) is 4.26. The molecule has 0 amide bonds. The van der Waals surface area contributed by atoms with E-state index < -0.39 is 0 Å². The maximum Gasteiger partial charge on any atom is 0.260 e. The largest absolute Gasteiger partial charge is 0.268 e. The molecular formula is C12H19NOS. The third kappa shape index (κ3) is 2.33. The molecule has 1 saturated carbocycles. The lowest BCUT2D eigenvalue weighted by molar-refractivity contribution is 0.141. The number of hydrogen-bond donors (Lipinski definition) is 0. The Kier molecular flexibility index (Phi) is 2.75. The lowest BCUT2D eigenvalue weighted by Gasteiger charge is -2.38. The first-order valence-corrected chi connectivity index (χ1v) is 6.48. The van der Waals surface area contributed by atoms with Gasteiger partial charge in [0.1, 0.15) is 0 Å². The van der Waals surface area contributed by atoms with Crippen LogP contribution in [0.4, 0.5) is 0 Å². The molecule has 1 aliphatic rings. The zero-order chi connectivity index (χ0) is 11.1. The Hall–Kier alpha value is -0.570. The second-order valence-electron chi connectivity index (χ2n) is 5.64. The lowest BCUT2D eigenvalue weighted by Crippen LogP contribution is -2.31. The predicted molar refractivity (Wildman–Crippen MR) is 64.4 cm³/mol. The van der Waals surface area contributed by atoms with Crippen molar-refractivity contribution in [2.75, 3.05) is 0 Å². The molecule has 1 aromatic rings. The highest BCUT2D eigenvalue weighted by molar-refractivity contribution is 7.04. The fourth-order valence-corrected chi connectivity index (χ4v) is 3.83. The van der Waals surface area contributed by atoms with Crippen LogP contribution < -0.4 is 5.56 Å². The Balaban J connectivity index is 2.24. The van der Waals surface area contributed by atoms with Gasteiger partial charge in [-0.05, 0) is 30.6 Å². The van der Waals surface area contributed by atoms with E-state index >= 15 is 0 Å². The number of hydrogen-bond acceptors (Lipinski definition) is 2. The van der Waals surface area contributed by atoms with Crippen molar-refractivity contribution >= 4 is 11.5 Å². The van der Waals surface area contributed by atoms with E-state index in [0.29, 0.717) is 11.5 Å². The molecule has 0 bridgehead atoms. The van der Waals surface area contributed by atoms with Gasteiger partial charge in [0, 0.05) is 17.5 Å². The fourth-order valence-electron chi connectivity index (χ4n) is 3.02. The lowest BCUT2D eigenvalue weighted by atomic mass is 9.71. The van der Waals surface area contributed by atoms with Crippen LogP contribution in [-0.4, -0.2) is 3.96 Å². The van der Waals surface area contributed by atoms with Gasteiger partial charge in [-0.3, -0.25) is 8.75 Å². The Labute approximate surface area is 95.1 Å².